The van der Waals surface area contributed by atoms with Crippen LogP contribution in [-0.2, 0) is 6.42 Å². The van der Waals surface area contributed by atoms with Crippen molar-refractivity contribution in [2.24, 2.45) is 5.10 Å². The highest BCUT2D eigenvalue weighted by Crippen LogP contribution is 2.31. The van der Waals surface area contributed by atoms with Crippen molar-refractivity contribution in [3.63, 3.8) is 0 Å². The van der Waals surface area contributed by atoms with Crippen LogP contribution >= 0.6 is 11.6 Å². The molecule has 7 nitrogen and oxygen atoms in total. The Bertz CT molecular complexity index is 1270. The maximum atomic E-state index is 12.9. The highest BCUT2D eigenvalue weighted by Gasteiger charge is 2.29. The van der Waals surface area contributed by atoms with E-state index in [0.29, 0.717) is 52.0 Å². The van der Waals surface area contributed by atoms with Crippen LogP contribution in [0.2, 0.25) is 5.02 Å². The summed E-state index contributed by atoms with van der Waals surface area (Å²) in [5, 5.41) is 4.99. The van der Waals surface area contributed by atoms with Gasteiger partial charge in [0, 0.05) is 28.1 Å². The van der Waals surface area contributed by atoms with Crippen molar-refractivity contribution in [3.8, 4) is 11.5 Å². The van der Waals surface area contributed by atoms with E-state index >= 15 is 0 Å². The Labute approximate surface area is 202 Å². The van der Waals surface area contributed by atoms with Crippen molar-refractivity contribution < 1.29 is 23.5 Å². The number of nitrogens with zero attached hydrogens (tertiary/aromatic N) is 1. The molecule has 1 aromatic heterocycles. The third kappa shape index (κ3) is 4.70. The molecule has 0 radical (unpaired) electrons. The molecule has 0 saturated carbocycles. The zero-order chi connectivity index (χ0) is 24.4. The molecule has 1 amide bonds. The quantitative estimate of drug-likeness (QED) is 0.293. The first-order valence-electron chi connectivity index (χ1n) is 10.9. The average molecular weight is 481 g/mol. The van der Waals surface area contributed by atoms with Gasteiger partial charge in [0.05, 0.1) is 12.8 Å². The molecule has 8 heteroatoms. The molecule has 0 spiro atoms. The number of methoxy groups -OCH3 is 1. The minimum Gasteiger partial charge on any atom is -0.497 e. The maximum Gasteiger partial charge on any atom is 0.379 e. The highest BCUT2D eigenvalue weighted by molar-refractivity contribution is 6.32. The second-order valence-electron chi connectivity index (χ2n) is 8.20. The zero-order valence-electron chi connectivity index (χ0n) is 19.5. The summed E-state index contributed by atoms with van der Waals surface area (Å²) < 4.78 is 16.6. The molecule has 0 unspecified atom stereocenters. The molecule has 34 heavy (non-hydrogen) atoms. The third-order valence-corrected chi connectivity index (χ3v) is 6.37. The molecule has 176 valence electrons. The van der Waals surface area contributed by atoms with Crippen LogP contribution < -0.4 is 14.9 Å². The molecular formula is C26H25ClN2O5. The van der Waals surface area contributed by atoms with Gasteiger partial charge >= 0.3 is 5.97 Å². The van der Waals surface area contributed by atoms with Gasteiger partial charge in [0.25, 0.3) is 5.91 Å². The number of benzene rings is 2. The summed E-state index contributed by atoms with van der Waals surface area (Å²) in [6, 6.07) is 10.2. The lowest BCUT2D eigenvalue weighted by Crippen LogP contribution is -2.22. The SMILES string of the molecule is COc1ccc(C(=O)N/N=C2\CCCc3oc(C(=O)Oc4cc(C)c(Cl)c(C)c4)c(C)c32)cc1. The number of nitrogens with one attached hydrogen (secondary N) is 1. The molecule has 1 aliphatic rings. The van der Waals surface area contributed by atoms with E-state index in [-0.39, 0.29) is 11.7 Å². The van der Waals surface area contributed by atoms with E-state index in [0.717, 1.165) is 23.1 Å². The van der Waals surface area contributed by atoms with Gasteiger partial charge in [-0.05, 0) is 81.1 Å². The molecule has 2 aromatic carbocycles. The van der Waals surface area contributed by atoms with Crippen LogP contribution in [0.4, 0.5) is 0 Å². The van der Waals surface area contributed by atoms with Crippen LogP contribution in [-0.4, -0.2) is 24.7 Å². The van der Waals surface area contributed by atoms with Crippen LogP contribution in [0.5, 0.6) is 11.5 Å². The predicted octanol–water partition coefficient (Wildman–Crippen LogP) is 5.56. The Hall–Kier alpha value is -3.58. The predicted molar refractivity (Wildman–Crippen MR) is 129 cm³/mol. The minimum atomic E-state index is -0.588. The summed E-state index contributed by atoms with van der Waals surface area (Å²) in [7, 11) is 1.57. The summed E-state index contributed by atoms with van der Waals surface area (Å²) in [4.78, 5) is 25.4. The first kappa shape index (κ1) is 23.6. The van der Waals surface area contributed by atoms with E-state index in [9.17, 15) is 9.59 Å². The Morgan fingerprint density at radius 1 is 1.03 bits per heavy atom. The maximum absolute atomic E-state index is 12.9. The summed E-state index contributed by atoms with van der Waals surface area (Å²) in [5.41, 5.74) is 6.77. The Morgan fingerprint density at radius 3 is 2.35 bits per heavy atom. The molecule has 1 aliphatic carbocycles. The Morgan fingerprint density at radius 2 is 1.71 bits per heavy atom. The fourth-order valence-corrected chi connectivity index (χ4v) is 4.13. The fraction of sp³-hybridized carbons (Fsp3) is 0.269. The highest BCUT2D eigenvalue weighted by atomic mass is 35.5. The zero-order valence-corrected chi connectivity index (χ0v) is 20.2. The van der Waals surface area contributed by atoms with Gasteiger partial charge in [0.2, 0.25) is 5.76 Å². The normalized spacial score (nSPS) is 14.0. The van der Waals surface area contributed by atoms with E-state index in [2.05, 4.69) is 10.5 Å². The van der Waals surface area contributed by atoms with Crippen LogP contribution in [0.1, 0.15) is 61.8 Å². The summed E-state index contributed by atoms with van der Waals surface area (Å²) in [5.74, 6) is 0.935. The van der Waals surface area contributed by atoms with Crippen molar-refractivity contribution in [2.45, 2.75) is 40.0 Å². The Kier molecular flexibility index (Phi) is 6.75. The van der Waals surface area contributed by atoms with E-state index in [1.165, 1.54) is 0 Å². The van der Waals surface area contributed by atoms with E-state index in [1.807, 2.05) is 13.8 Å². The van der Waals surface area contributed by atoms with Gasteiger partial charge in [0.1, 0.15) is 17.3 Å². The standard InChI is InChI=1S/C26H25ClN2O5/c1-14-12-19(13-15(2)23(14)27)33-26(31)24-16(3)22-20(6-5-7-21(22)34-24)28-29-25(30)17-8-10-18(32-4)11-9-17/h8-13H,5-7H2,1-4H3,(H,29,30)/b28-20+. The molecule has 0 aliphatic heterocycles. The number of rotatable bonds is 5. The average Bonchev–Trinajstić information content (AvgIpc) is 3.18. The van der Waals surface area contributed by atoms with E-state index in [4.69, 9.17) is 25.5 Å². The van der Waals surface area contributed by atoms with Crippen LogP contribution in [0, 0.1) is 20.8 Å². The summed E-state index contributed by atoms with van der Waals surface area (Å²) in [6.07, 6.45) is 2.12. The van der Waals surface area contributed by atoms with Crippen LogP contribution in [0.3, 0.4) is 0 Å². The Balaban J connectivity index is 1.55. The van der Waals surface area contributed by atoms with Crippen molar-refractivity contribution in [1.82, 2.24) is 5.43 Å². The molecule has 0 saturated heterocycles. The van der Waals surface area contributed by atoms with Gasteiger partial charge in [-0.25, -0.2) is 10.2 Å². The molecule has 0 bridgehead atoms. The number of fused-ring (bicyclic) bond motifs is 1. The molecule has 0 atom stereocenters. The van der Waals surface area contributed by atoms with Gasteiger partial charge in [-0.1, -0.05) is 11.6 Å². The van der Waals surface area contributed by atoms with Crippen molar-refractivity contribution in [1.29, 1.82) is 0 Å². The van der Waals surface area contributed by atoms with Crippen LogP contribution in [0.15, 0.2) is 45.9 Å². The molecular weight excluding hydrogens is 456 g/mol. The fourth-order valence-electron chi connectivity index (χ4n) is 4.02. The van der Waals surface area contributed by atoms with Crippen LogP contribution in [0.25, 0.3) is 0 Å². The summed E-state index contributed by atoms with van der Waals surface area (Å²) >= 11 is 6.21. The molecule has 1 N–H and O–H groups in total. The number of halogens is 1. The molecule has 4 rings (SSSR count). The second kappa shape index (κ2) is 9.73. The number of carbonyl (C=O) groups excluding carboxylic acids is 2. The number of esters is 1. The van der Waals surface area contributed by atoms with E-state index in [1.54, 1.807) is 50.4 Å². The molecule has 3 aromatic rings. The smallest absolute Gasteiger partial charge is 0.379 e. The topological polar surface area (TPSA) is 90.1 Å². The van der Waals surface area contributed by atoms with E-state index < -0.39 is 5.97 Å². The number of furan rings is 1. The largest absolute Gasteiger partial charge is 0.497 e. The lowest BCUT2D eigenvalue weighted by atomic mass is 9.93. The number of hydrazone groups is 1. The number of ether oxygens (including phenoxy) is 2. The number of carbonyl (C=O) groups is 2. The summed E-state index contributed by atoms with van der Waals surface area (Å²) in [6.45, 7) is 5.50. The minimum absolute atomic E-state index is 0.131. The third-order valence-electron chi connectivity index (χ3n) is 5.78. The van der Waals surface area contributed by atoms with Crippen molar-refractivity contribution in [2.75, 3.05) is 7.11 Å². The number of hydrogen-bond acceptors (Lipinski definition) is 6. The molecule has 1 heterocycles. The first-order chi connectivity index (χ1) is 16.3. The number of aryl methyl sites for hydroxylation is 3. The monoisotopic (exact) mass is 480 g/mol. The second-order valence-corrected chi connectivity index (χ2v) is 8.57. The van der Waals surface area contributed by atoms with Gasteiger partial charge in [-0.15, -0.1) is 0 Å². The van der Waals surface area contributed by atoms with Gasteiger partial charge in [0.15, 0.2) is 0 Å². The lowest BCUT2D eigenvalue weighted by Gasteiger charge is -2.13. The number of hydrogen-bond donors (Lipinski definition) is 1. The molecule has 0 fully saturated rings. The number of amides is 1. The van der Waals surface area contributed by atoms with Gasteiger partial charge in [-0.2, -0.15) is 5.10 Å². The van der Waals surface area contributed by atoms with Crippen molar-refractivity contribution >= 4 is 29.2 Å². The van der Waals surface area contributed by atoms with Gasteiger partial charge < -0.3 is 13.9 Å². The van der Waals surface area contributed by atoms with Crippen molar-refractivity contribution in [3.05, 3.63) is 80.8 Å². The first-order valence-corrected chi connectivity index (χ1v) is 11.3. The lowest BCUT2D eigenvalue weighted by molar-refractivity contribution is 0.0698. The van der Waals surface area contributed by atoms with Gasteiger partial charge in [-0.3, -0.25) is 4.79 Å².